The molecule has 2 nitrogen and oxygen atoms in total. The Kier molecular flexibility index (Phi) is 2.52. The SMILES string of the molecule is CCC1CNCCC12CN1CCC2CC1. The van der Waals surface area contributed by atoms with Crippen LogP contribution < -0.4 is 5.32 Å². The zero-order chi connectivity index (χ0) is 10.3. The number of fused-ring (bicyclic) bond motifs is 2. The van der Waals surface area contributed by atoms with E-state index in [1.54, 1.807) is 0 Å². The Morgan fingerprint density at radius 2 is 2.13 bits per heavy atom. The minimum absolute atomic E-state index is 0.705. The van der Waals surface area contributed by atoms with E-state index in [2.05, 4.69) is 17.1 Å². The second kappa shape index (κ2) is 3.74. The molecule has 15 heavy (non-hydrogen) atoms. The number of hydrogen-bond acceptors (Lipinski definition) is 2. The molecule has 86 valence electrons. The van der Waals surface area contributed by atoms with Gasteiger partial charge in [-0.15, -0.1) is 0 Å². The minimum atomic E-state index is 0.705. The Balaban J connectivity index is 1.86. The van der Waals surface area contributed by atoms with Crippen LogP contribution in [0.15, 0.2) is 0 Å². The molecule has 4 fully saturated rings. The molecular formula is C13H24N2. The van der Waals surface area contributed by atoms with Gasteiger partial charge in [0.25, 0.3) is 0 Å². The molecule has 0 aromatic heterocycles. The first-order valence-electron chi connectivity index (χ1n) is 6.78. The van der Waals surface area contributed by atoms with E-state index in [4.69, 9.17) is 0 Å². The van der Waals surface area contributed by atoms with E-state index in [0.29, 0.717) is 5.41 Å². The van der Waals surface area contributed by atoms with Gasteiger partial charge in [-0.2, -0.15) is 0 Å². The Labute approximate surface area is 93.4 Å². The molecule has 1 spiro atoms. The van der Waals surface area contributed by atoms with E-state index < -0.39 is 0 Å². The maximum Gasteiger partial charge on any atom is 0.00443 e. The van der Waals surface area contributed by atoms with Crippen molar-refractivity contribution >= 4 is 0 Å². The van der Waals surface area contributed by atoms with E-state index in [9.17, 15) is 0 Å². The predicted octanol–water partition coefficient (Wildman–Crippen LogP) is 1.72. The molecule has 0 saturated carbocycles. The molecule has 2 heteroatoms. The van der Waals surface area contributed by atoms with Crippen molar-refractivity contribution in [2.45, 2.75) is 32.6 Å². The molecule has 1 N–H and O–H groups in total. The first-order chi connectivity index (χ1) is 7.35. The third kappa shape index (κ3) is 1.45. The zero-order valence-electron chi connectivity index (χ0n) is 9.97. The minimum Gasteiger partial charge on any atom is -0.316 e. The Morgan fingerprint density at radius 1 is 1.33 bits per heavy atom. The fourth-order valence-electron chi connectivity index (χ4n) is 4.51. The van der Waals surface area contributed by atoms with E-state index in [1.807, 2.05) is 0 Å². The second-order valence-electron chi connectivity index (χ2n) is 5.84. The van der Waals surface area contributed by atoms with Crippen molar-refractivity contribution in [1.29, 1.82) is 0 Å². The monoisotopic (exact) mass is 208 g/mol. The molecule has 0 radical (unpaired) electrons. The highest BCUT2D eigenvalue weighted by molar-refractivity contribution is 5.03. The van der Waals surface area contributed by atoms with Crippen LogP contribution in [0.5, 0.6) is 0 Å². The van der Waals surface area contributed by atoms with Crippen LogP contribution >= 0.6 is 0 Å². The van der Waals surface area contributed by atoms with Gasteiger partial charge >= 0.3 is 0 Å². The van der Waals surface area contributed by atoms with Gasteiger partial charge in [-0.1, -0.05) is 13.3 Å². The summed E-state index contributed by atoms with van der Waals surface area (Å²) < 4.78 is 0. The molecule has 0 aromatic carbocycles. The van der Waals surface area contributed by atoms with Gasteiger partial charge in [0.2, 0.25) is 0 Å². The largest absolute Gasteiger partial charge is 0.316 e. The summed E-state index contributed by atoms with van der Waals surface area (Å²) in [5.74, 6) is 1.99. The molecule has 0 aromatic rings. The van der Waals surface area contributed by atoms with Crippen molar-refractivity contribution in [3.8, 4) is 0 Å². The van der Waals surface area contributed by atoms with Crippen molar-refractivity contribution < 1.29 is 0 Å². The lowest BCUT2D eigenvalue weighted by Gasteiger charge is -2.58. The molecule has 4 saturated heterocycles. The Morgan fingerprint density at radius 3 is 2.73 bits per heavy atom. The van der Waals surface area contributed by atoms with Gasteiger partial charge in [0, 0.05) is 6.54 Å². The summed E-state index contributed by atoms with van der Waals surface area (Å²) >= 11 is 0. The lowest BCUT2D eigenvalue weighted by molar-refractivity contribution is -0.0845. The van der Waals surface area contributed by atoms with Crippen LogP contribution in [0.3, 0.4) is 0 Å². The van der Waals surface area contributed by atoms with Gasteiger partial charge in [0.15, 0.2) is 0 Å². The molecule has 4 aliphatic heterocycles. The van der Waals surface area contributed by atoms with E-state index >= 15 is 0 Å². The molecule has 0 aliphatic carbocycles. The highest BCUT2D eigenvalue weighted by atomic mass is 15.2. The van der Waals surface area contributed by atoms with Gasteiger partial charge < -0.3 is 10.2 Å². The summed E-state index contributed by atoms with van der Waals surface area (Å²) in [5, 5.41) is 3.60. The molecule has 2 atom stereocenters. The lowest BCUT2D eigenvalue weighted by atomic mass is 9.57. The summed E-state index contributed by atoms with van der Waals surface area (Å²) in [6, 6.07) is 0. The fraction of sp³-hybridized carbons (Fsp3) is 1.00. The third-order valence-electron chi connectivity index (χ3n) is 5.38. The molecule has 4 heterocycles. The number of rotatable bonds is 1. The Hall–Kier alpha value is -0.0800. The number of nitrogens with one attached hydrogen (secondary N) is 1. The first kappa shape index (κ1) is 10.1. The fourth-order valence-corrected chi connectivity index (χ4v) is 4.51. The molecule has 4 aliphatic rings. The van der Waals surface area contributed by atoms with Crippen LogP contribution in [0, 0.1) is 17.3 Å². The summed E-state index contributed by atoms with van der Waals surface area (Å²) in [5.41, 5.74) is 0.705. The third-order valence-corrected chi connectivity index (χ3v) is 5.38. The zero-order valence-corrected chi connectivity index (χ0v) is 9.97. The van der Waals surface area contributed by atoms with Gasteiger partial charge in [-0.05, 0) is 62.7 Å². The number of piperidine rings is 4. The standard InChI is InChI=1S/C13H24N2/c1-2-11-9-14-6-5-13(11)10-15-7-3-12(13)4-8-15/h11-12,14H,2-10H2,1H3. The maximum atomic E-state index is 3.60. The average molecular weight is 208 g/mol. The maximum absolute atomic E-state index is 3.60. The Bertz CT molecular complexity index is 226. The van der Waals surface area contributed by atoms with Crippen molar-refractivity contribution in [2.24, 2.45) is 17.3 Å². The van der Waals surface area contributed by atoms with E-state index in [1.165, 1.54) is 58.4 Å². The second-order valence-corrected chi connectivity index (χ2v) is 5.84. The molecule has 4 rings (SSSR count). The van der Waals surface area contributed by atoms with Crippen LogP contribution in [0.4, 0.5) is 0 Å². The highest BCUT2D eigenvalue weighted by Gasteiger charge is 2.50. The summed E-state index contributed by atoms with van der Waals surface area (Å²) in [4.78, 5) is 2.73. The normalized spacial score (nSPS) is 49.8. The van der Waals surface area contributed by atoms with Gasteiger partial charge in [0.05, 0.1) is 0 Å². The molecule has 2 bridgehead atoms. The first-order valence-corrected chi connectivity index (χ1v) is 6.78. The topological polar surface area (TPSA) is 15.3 Å². The molecule has 0 amide bonds. The van der Waals surface area contributed by atoms with E-state index in [0.717, 1.165) is 11.8 Å². The van der Waals surface area contributed by atoms with E-state index in [-0.39, 0.29) is 0 Å². The lowest BCUT2D eigenvalue weighted by Crippen LogP contribution is -2.61. The average Bonchev–Trinajstić information content (AvgIpc) is 2.31. The van der Waals surface area contributed by atoms with Crippen molar-refractivity contribution in [2.75, 3.05) is 32.7 Å². The number of hydrogen-bond donors (Lipinski definition) is 1. The summed E-state index contributed by atoms with van der Waals surface area (Å²) in [7, 11) is 0. The van der Waals surface area contributed by atoms with Crippen LogP contribution in [0.1, 0.15) is 32.6 Å². The quantitative estimate of drug-likeness (QED) is 0.706. The van der Waals surface area contributed by atoms with Gasteiger partial charge in [-0.25, -0.2) is 0 Å². The number of nitrogens with zero attached hydrogens (tertiary/aromatic N) is 1. The van der Waals surface area contributed by atoms with Crippen LogP contribution in [0.25, 0.3) is 0 Å². The summed E-state index contributed by atoms with van der Waals surface area (Å²) in [6.45, 7) is 9.11. The van der Waals surface area contributed by atoms with Gasteiger partial charge in [0.1, 0.15) is 0 Å². The summed E-state index contributed by atoms with van der Waals surface area (Å²) in [6.07, 6.45) is 5.77. The molecule has 2 unspecified atom stereocenters. The van der Waals surface area contributed by atoms with Crippen LogP contribution in [-0.2, 0) is 0 Å². The van der Waals surface area contributed by atoms with Gasteiger partial charge in [-0.3, -0.25) is 0 Å². The van der Waals surface area contributed by atoms with Crippen molar-refractivity contribution in [3.63, 3.8) is 0 Å². The van der Waals surface area contributed by atoms with Crippen LogP contribution in [0.2, 0.25) is 0 Å². The predicted molar refractivity (Wildman–Crippen MR) is 62.9 cm³/mol. The van der Waals surface area contributed by atoms with Crippen molar-refractivity contribution in [3.05, 3.63) is 0 Å². The van der Waals surface area contributed by atoms with Crippen LogP contribution in [-0.4, -0.2) is 37.6 Å². The highest BCUT2D eigenvalue weighted by Crippen LogP contribution is 2.51. The molecular weight excluding hydrogens is 184 g/mol. The van der Waals surface area contributed by atoms with Crippen molar-refractivity contribution in [1.82, 2.24) is 10.2 Å². The smallest absolute Gasteiger partial charge is 0.00443 e.